The smallest absolute Gasteiger partial charge is 0.116 e. The molecule has 100 heavy (non-hydrogen) atoms. The van der Waals surface area contributed by atoms with Crippen molar-refractivity contribution in [3.8, 4) is 45.3 Å². The largest absolute Gasteiger partial charge is 0.508 e. The molecule has 0 heterocycles. The monoisotopic (exact) mass is 1310 g/mol. The van der Waals surface area contributed by atoms with Gasteiger partial charge in [-0.15, -0.1) is 0 Å². The molecule has 2 aliphatic carbocycles. The molecule has 0 aromatic heterocycles. The van der Waals surface area contributed by atoms with E-state index in [9.17, 15) is 20.4 Å². The first-order valence-corrected chi connectivity index (χ1v) is 33.9. The van der Waals surface area contributed by atoms with Gasteiger partial charge in [-0.3, -0.25) is 0 Å². The average Bonchev–Trinajstić information content (AvgIpc) is 1.53. The van der Waals surface area contributed by atoms with E-state index < -0.39 is 10.8 Å². The molecule has 0 saturated heterocycles. The Bertz CT molecular complexity index is 4930. The Kier molecular flexibility index (Phi) is 22.4. The highest BCUT2D eigenvalue weighted by molar-refractivity contribution is 6.23. The van der Waals surface area contributed by atoms with Crippen molar-refractivity contribution in [2.24, 2.45) is 0 Å². The van der Waals surface area contributed by atoms with Crippen LogP contribution in [-0.4, -0.2) is 20.4 Å². The predicted molar refractivity (Wildman–Crippen MR) is 434 cm³/mol. The van der Waals surface area contributed by atoms with E-state index in [0.717, 1.165) is 43.1 Å². The number of rotatable bonds is 5. The maximum Gasteiger partial charge on any atom is 0.116 e. The fourth-order valence-corrected chi connectivity index (χ4v) is 15.0. The Morgan fingerprint density at radius 2 is 0.470 bits per heavy atom. The zero-order chi connectivity index (χ0) is 66.8. The Morgan fingerprint density at radius 3 is 0.740 bits per heavy atom. The highest BCUT2D eigenvalue weighted by Crippen LogP contribution is 2.58. The van der Waals surface area contributed by atoms with E-state index in [4.69, 9.17) is 0 Å². The molecular weight excluding hydrogens is 1220 g/mol. The summed E-state index contributed by atoms with van der Waals surface area (Å²) < 4.78 is 0. The molecule has 4 nitrogen and oxygen atoms in total. The third-order valence-corrected chi connectivity index (χ3v) is 19.1. The van der Waals surface area contributed by atoms with E-state index in [-0.39, 0.29) is 52.7 Å². The van der Waals surface area contributed by atoms with Crippen molar-refractivity contribution in [1.82, 2.24) is 0 Å². The van der Waals surface area contributed by atoms with Crippen LogP contribution in [0.25, 0.3) is 97.7 Å². The van der Waals surface area contributed by atoms with E-state index >= 15 is 0 Å². The Hall–Kier alpha value is -11.2. The minimum atomic E-state index is -0.495. The van der Waals surface area contributed by atoms with Crippen molar-refractivity contribution in [2.45, 2.75) is 108 Å². The minimum Gasteiger partial charge on any atom is -0.508 e. The van der Waals surface area contributed by atoms with Crippen LogP contribution < -0.4 is 0 Å². The second-order valence-electron chi connectivity index (χ2n) is 25.1. The van der Waals surface area contributed by atoms with Crippen LogP contribution in [0, 0.1) is 0 Å². The summed E-state index contributed by atoms with van der Waals surface area (Å²) in [6.45, 7) is 16.8. The molecule has 504 valence electrons. The molecule has 0 saturated carbocycles. The van der Waals surface area contributed by atoms with Crippen molar-refractivity contribution >= 4 is 75.4 Å². The molecular formula is C96H96O4. The van der Waals surface area contributed by atoms with Crippen LogP contribution in [0.1, 0.15) is 148 Å². The fraction of sp³-hybridized carbons (Fsp3) is 0.167. The average molecular weight is 1310 g/mol. The maximum absolute atomic E-state index is 10.0. The number of hydrogen-bond donors (Lipinski definition) is 4. The van der Waals surface area contributed by atoms with Crippen molar-refractivity contribution in [3.05, 3.63) is 347 Å². The molecule has 18 rings (SSSR count). The molecule has 0 fully saturated rings. The summed E-state index contributed by atoms with van der Waals surface area (Å²) in [7, 11) is 0. The first-order valence-electron chi connectivity index (χ1n) is 33.9. The van der Waals surface area contributed by atoms with Gasteiger partial charge in [0.1, 0.15) is 23.0 Å². The van der Waals surface area contributed by atoms with E-state index in [2.05, 4.69) is 252 Å². The van der Waals surface area contributed by atoms with Crippen LogP contribution in [-0.2, 0) is 10.8 Å². The van der Waals surface area contributed by atoms with Crippen LogP contribution in [0.5, 0.6) is 23.0 Å². The summed E-state index contributed by atoms with van der Waals surface area (Å²) in [5.74, 6) is 1.66. The van der Waals surface area contributed by atoms with Gasteiger partial charge in [0.05, 0.1) is 10.8 Å². The first kappa shape index (κ1) is 73.1. The maximum atomic E-state index is 10.0. The summed E-state index contributed by atoms with van der Waals surface area (Å²) >= 11 is 0. The molecule has 2 aliphatic rings. The molecule has 0 bridgehead atoms. The number of benzene rings is 16. The highest BCUT2D eigenvalue weighted by Gasteiger charge is 2.47. The molecule has 0 atom stereocenters. The molecule has 16 aromatic carbocycles. The highest BCUT2D eigenvalue weighted by atomic mass is 16.3. The number of hydrogen-bond acceptors (Lipinski definition) is 4. The van der Waals surface area contributed by atoms with Crippen molar-refractivity contribution < 1.29 is 20.4 Å². The van der Waals surface area contributed by atoms with E-state index in [0.29, 0.717) is 5.92 Å². The lowest BCUT2D eigenvalue weighted by atomic mass is 9.67. The van der Waals surface area contributed by atoms with Gasteiger partial charge in [-0.2, -0.15) is 0 Å². The second-order valence-corrected chi connectivity index (χ2v) is 25.1. The van der Waals surface area contributed by atoms with Gasteiger partial charge in [-0.25, -0.2) is 0 Å². The lowest BCUT2D eigenvalue weighted by Crippen LogP contribution is -2.28. The van der Waals surface area contributed by atoms with Crippen molar-refractivity contribution in [2.75, 3.05) is 0 Å². The quantitative estimate of drug-likeness (QED) is 0.129. The first-order chi connectivity index (χ1) is 46.9. The Morgan fingerprint density at radius 1 is 0.250 bits per heavy atom. The van der Waals surface area contributed by atoms with Crippen LogP contribution in [0.2, 0.25) is 0 Å². The van der Waals surface area contributed by atoms with Gasteiger partial charge >= 0.3 is 0 Å². The second kappa shape index (κ2) is 30.7. The molecule has 0 unspecified atom stereocenters. The molecule has 0 amide bonds. The van der Waals surface area contributed by atoms with Gasteiger partial charge in [0, 0.05) is 0 Å². The molecule has 0 aliphatic heterocycles. The van der Waals surface area contributed by atoms with Crippen LogP contribution in [0.4, 0.5) is 0 Å². The van der Waals surface area contributed by atoms with Gasteiger partial charge in [0.15, 0.2) is 0 Å². The molecule has 0 radical (unpaired) electrons. The fourth-order valence-electron chi connectivity index (χ4n) is 15.0. The third-order valence-electron chi connectivity index (χ3n) is 19.1. The Labute approximate surface area is 593 Å². The third kappa shape index (κ3) is 12.6. The molecule has 0 spiro atoms. The number of phenols is 4. The standard InChI is InChI=1S/2C33H22O2.C19H16.C3H8.2C2H6.4CH4/c2*34-27-15-11-21-17-25(13-9-23(21)19-27)33(26-14-10-24-20-28(35)16-12-22(24)18-26)31-7-3-1-5-29(31)30-6-2-4-8-32(30)33;1-12(2)17-10-15-8-6-13-4-3-5-14-7-9-16(11-17)19(15)18(13)14;1-3-2;2*1-2;;;;/h2*1-20,34-35H;3-12H,1-2H3;3H2,1-2H3;2*1-2H3;4*1H4. The van der Waals surface area contributed by atoms with Crippen molar-refractivity contribution in [1.29, 1.82) is 0 Å². The number of aromatic hydroxyl groups is 4. The van der Waals surface area contributed by atoms with Gasteiger partial charge in [0.2, 0.25) is 0 Å². The number of fused-ring (bicyclic) bond motifs is 10. The minimum absolute atomic E-state index is 0. The lowest BCUT2D eigenvalue weighted by molar-refractivity contribution is 0.475. The summed E-state index contributed by atoms with van der Waals surface area (Å²) in [6, 6.07) is 103. The van der Waals surface area contributed by atoms with Gasteiger partial charge in [-0.05, 0) is 226 Å². The van der Waals surface area contributed by atoms with Gasteiger partial charge in [0.25, 0.3) is 0 Å². The zero-order valence-corrected chi connectivity index (χ0v) is 55.9. The van der Waals surface area contributed by atoms with Crippen LogP contribution in [0.3, 0.4) is 0 Å². The van der Waals surface area contributed by atoms with E-state index in [1.807, 2.05) is 76.2 Å². The molecule has 4 N–H and O–H groups in total. The summed E-state index contributed by atoms with van der Waals surface area (Å²) in [6.07, 6.45) is 1.25. The Balaban J connectivity index is 0.000000170. The van der Waals surface area contributed by atoms with E-state index in [1.165, 1.54) is 111 Å². The lowest BCUT2D eigenvalue weighted by Gasteiger charge is -2.34. The van der Waals surface area contributed by atoms with Crippen molar-refractivity contribution in [3.63, 3.8) is 0 Å². The SMILES string of the molecule is C.C.C.C.CC.CC.CC(C)c1cc2ccc3cccc4ccc(c1)c2c34.CCC.Oc1ccc2cc(C3(c4ccc5cc(O)ccc5c4)c4ccccc4-c4ccccc43)ccc2c1.Oc1ccc2cc(C3(c4ccc5cc(O)ccc5c4)c4ccccc4-c4ccccc43)ccc2c1. The van der Waals surface area contributed by atoms with Crippen LogP contribution in [0.15, 0.2) is 297 Å². The van der Waals surface area contributed by atoms with Gasteiger partial charge in [-0.1, -0.05) is 316 Å². The summed E-state index contributed by atoms with van der Waals surface area (Å²) in [5.41, 5.74) is 15.2. The predicted octanol–water partition coefficient (Wildman–Crippen LogP) is 27.3. The number of phenolic OH excluding ortho intramolecular Hbond substituents is 4. The zero-order valence-electron chi connectivity index (χ0n) is 55.9. The van der Waals surface area contributed by atoms with Gasteiger partial charge < -0.3 is 20.4 Å². The topological polar surface area (TPSA) is 80.9 Å². The normalized spacial score (nSPS) is 12.1. The van der Waals surface area contributed by atoms with E-state index in [1.54, 1.807) is 24.3 Å². The summed E-state index contributed by atoms with van der Waals surface area (Å²) in [4.78, 5) is 0. The molecule has 16 aromatic rings. The van der Waals surface area contributed by atoms with Crippen LogP contribution >= 0.6 is 0 Å². The summed E-state index contributed by atoms with van der Waals surface area (Å²) in [5, 5.41) is 56.7. The molecule has 4 heteroatoms.